The predicted octanol–water partition coefficient (Wildman–Crippen LogP) is 1.29. The van der Waals surface area contributed by atoms with E-state index in [-0.39, 0.29) is 0 Å². The van der Waals surface area contributed by atoms with Crippen molar-refractivity contribution in [3.8, 4) is 5.82 Å². The van der Waals surface area contributed by atoms with Gasteiger partial charge in [0.25, 0.3) is 0 Å². The van der Waals surface area contributed by atoms with E-state index < -0.39 is 12.1 Å². The lowest BCUT2D eigenvalue weighted by Crippen LogP contribution is -2.21. The van der Waals surface area contributed by atoms with Crippen molar-refractivity contribution in [1.29, 1.82) is 0 Å². The molecule has 0 saturated carbocycles. The van der Waals surface area contributed by atoms with Gasteiger partial charge in [-0.05, 0) is 17.7 Å². The van der Waals surface area contributed by atoms with E-state index in [1.165, 1.54) is 0 Å². The maximum Gasteiger partial charge on any atom is 0.490 e. The summed E-state index contributed by atoms with van der Waals surface area (Å²) < 4.78 is 33.4. The van der Waals surface area contributed by atoms with Crippen LogP contribution in [0.2, 0.25) is 0 Å². The lowest BCUT2D eigenvalue weighted by molar-refractivity contribution is -0.192. The van der Waals surface area contributed by atoms with Gasteiger partial charge in [-0.2, -0.15) is 18.3 Å². The summed E-state index contributed by atoms with van der Waals surface area (Å²) in [7, 11) is 0. The molecular formula is C11H11F3N4O3. The summed E-state index contributed by atoms with van der Waals surface area (Å²) in [6, 6.07) is 5.61. The molecule has 114 valence electrons. The molecule has 0 atom stereocenters. The van der Waals surface area contributed by atoms with Crippen molar-refractivity contribution in [2.75, 3.05) is 0 Å². The second-order valence-electron chi connectivity index (χ2n) is 3.59. The fraction of sp³-hybridized carbons (Fsp3) is 0.182. The minimum atomic E-state index is -5.08. The van der Waals surface area contributed by atoms with Crippen molar-refractivity contribution in [1.82, 2.24) is 14.8 Å². The maximum absolute atomic E-state index is 10.6. The first-order chi connectivity index (χ1) is 9.84. The summed E-state index contributed by atoms with van der Waals surface area (Å²) in [6.45, 7) is 0.367. The van der Waals surface area contributed by atoms with Crippen LogP contribution in [0.1, 0.15) is 5.56 Å². The minimum Gasteiger partial charge on any atom is -0.475 e. The number of rotatable bonds is 3. The average molecular weight is 304 g/mol. The van der Waals surface area contributed by atoms with Crippen LogP contribution in [0, 0.1) is 0 Å². The molecule has 0 fully saturated rings. The number of carboxylic acids is 1. The van der Waals surface area contributed by atoms with Crippen LogP contribution in [0.15, 0.2) is 36.8 Å². The molecule has 0 aromatic carbocycles. The van der Waals surface area contributed by atoms with Crippen molar-refractivity contribution in [3.63, 3.8) is 0 Å². The summed E-state index contributed by atoms with van der Waals surface area (Å²) in [4.78, 5) is 17.6. The highest BCUT2D eigenvalue weighted by atomic mass is 19.4. The topological polar surface area (TPSA) is 103 Å². The van der Waals surface area contributed by atoms with Crippen molar-refractivity contribution in [3.05, 3.63) is 42.4 Å². The third-order valence-corrected chi connectivity index (χ3v) is 2.04. The number of pyridine rings is 1. The van der Waals surface area contributed by atoms with Crippen molar-refractivity contribution >= 4 is 5.97 Å². The quantitative estimate of drug-likeness (QED) is 0.828. The first-order valence-electron chi connectivity index (χ1n) is 5.41. The SMILES string of the molecule is NOCc1ccc(-n2cccn2)nc1.O=C(O)C(F)(F)F. The van der Waals surface area contributed by atoms with Gasteiger partial charge < -0.3 is 5.11 Å². The number of hydrogen-bond acceptors (Lipinski definition) is 5. The van der Waals surface area contributed by atoms with Gasteiger partial charge in [0.2, 0.25) is 0 Å². The molecule has 0 amide bonds. The minimum absolute atomic E-state index is 0.367. The molecule has 0 aliphatic rings. The summed E-state index contributed by atoms with van der Waals surface area (Å²) in [5, 5.41) is 11.2. The molecule has 2 rings (SSSR count). The van der Waals surface area contributed by atoms with Gasteiger partial charge in [0, 0.05) is 18.6 Å². The number of nitrogens with zero attached hydrogens (tertiary/aromatic N) is 3. The molecule has 0 aliphatic carbocycles. The molecule has 21 heavy (non-hydrogen) atoms. The second kappa shape index (κ2) is 7.36. The smallest absolute Gasteiger partial charge is 0.475 e. The summed E-state index contributed by atoms with van der Waals surface area (Å²) in [5.74, 6) is 2.96. The first kappa shape index (κ1) is 16.6. The van der Waals surface area contributed by atoms with Gasteiger partial charge in [0.15, 0.2) is 5.82 Å². The van der Waals surface area contributed by atoms with E-state index in [0.717, 1.165) is 11.4 Å². The third kappa shape index (κ3) is 5.58. The molecular weight excluding hydrogens is 293 g/mol. The van der Waals surface area contributed by atoms with Crippen molar-refractivity contribution in [2.24, 2.45) is 5.90 Å². The number of carbonyl (C=O) groups is 1. The predicted molar refractivity (Wildman–Crippen MR) is 64.0 cm³/mol. The highest BCUT2D eigenvalue weighted by Gasteiger charge is 2.38. The Balaban J connectivity index is 0.000000270. The molecule has 0 saturated heterocycles. The Labute approximate surface area is 116 Å². The number of hydrogen-bond donors (Lipinski definition) is 2. The standard InChI is InChI=1S/C9H10N4O.C2HF3O2/c10-14-7-8-2-3-9(11-6-8)13-5-1-4-12-13;3-2(4,5)1(6)7/h1-6H,7,10H2;(H,6,7). The third-order valence-electron chi connectivity index (χ3n) is 2.04. The largest absolute Gasteiger partial charge is 0.490 e. The fourth-order valence-electron chi connectivity index (χ4n) is 1.14. The molecule has 2 heterocycles. The Hall–Kier alpha value is -2.46. The van der Waals surface area contributed by atoms with Gasteiger partial charge in [-0.1, -0.05) is 6.07 Å². The molecule has 0 aliphatic heterocycles. The van der Waals surface area contributed by atoms with Crippen LogP contribution in [0.4, 0.5) is 13.2 Å². The number of carboxylic acid groups (broad SMARTS) is 1. The normalized spacial score (nSPS) is 10.7. The van der Waals surface area contributed by atoms with Crippen LogP contribution < -0.4 is 5.90 Å². The Bertz CT molecular complexity index is 555. The van der Waals surface area contributed by atoms with Gasteiger partial charge in [0.05, 0.1) is 6.61 Å². The maximum atomic E-state index is 10.6. The molecule has 3 N–H and O–H groups in total. The molecule has 0 radical (unpaired) electrons. The number of nitrogens with two attached hydrogens (primary N) is 1. The number of aliphatic carboxylic acids is 1. The molecule has 0 spiro atoms. The van der Waals surface area contributed by atoms with Gasteiger partial charge >= 0.3 is 12.1 Å². The molecule has 0 bridgehead atoms. The summed E-state index contributed by atoms with van der Waals surface area (Å²) in [5.41, 5.74) is 0.934. The van der Waals surface area contributed by atoms with E-state index in [1.807, 2.05) is 24.4 Å². The zero-order valence-corrected chi connectivity index (χ0v) is 10.5. The van der Waals surface area contributed by atoms with Crippen LogP contribution in [0.3, 0.4) is 0 Å². The summed E-state index contributed by atoms with van der Waals surface area (Å²) >= 11 is 0. The highest BCUT2D eigenvalue weighted by molar-refractivity contribution is 5.73. The van der Waals surface area contributed by atoms with Crippen molar-refractivity contribution in [2.45, 2.75) is 12.8 Å². The number of alkyl halides is 3. The van der Waals surface area contributed by atoms with Gasteiger partial charge in [-0.15, -0.1) is 0 Å². The van der Waals surface area contributed by atoms with Crippen LogP contribution in [-0.4, -0.2) is 32.0 Å². The number of aromatic nitrogens is 3. The molecule has 2 aromatic rings. The van der Waals surface area contributed by atoms with E-state index in [0.29, 0.717) is 6.61 Å². The Morgan fingerprint density at radius 2 is 2.10 bits per heavy atom. The first-order valence-corrected chi connectivity index (χ1v) is 5.41. The van der Waals surface area contributed by atoms with Crippen LogP contribution in [0.25, 0.3) is 5.82 Å². The lowest BCUT2D eigenvalue weighted by Gasteiger charge is -2.01. The average Bonchev–Trinajstić information content (AvgIpc) is 2.93. The van der Waals surface area contributed by atoms with E-state index in [4.69, 9.17) is 15.8 Å². The number of halogens is 3. The second-order valence-corrected chi connectivity index (χ2v) is 3.59. The lowest BCUT2D eigenvalue weighted by atomic mass is 10.3. The monoisotopic (exact) mass is 304 g/mol. The molecule has 2 aromatic heterocycles. The Kier molecular flexibility index (Phi) is 5.81. The van der Waals surface area contributed by atoms with E-state index in [1.54, 1.807) is 17.1 Å². The van der Waals surface area contributed by atoms with E-state index >= 15 is 0 Å². The molecule has 7 nitrogen and oxygen atoms in total. The van der Waals surface area contributed by atoms with Gasteiger partial charge in [-0.3, -0.25) is 4.84 Å². The van der Waals surface area contributed by atoms with Gasteiger partial charge in [0.1, 0.15) is 0 Å². The van der Waals surface area contributed by atoms with Gasteiger partial charge in [-0.25, -0.2) is 20.4 Å². The molecule has 0 unspecified atom stereocenters. The Morgan fingerprint density at radius 1 is 1.43 bits per heavy atom. The van der Waals surface area contributed by atoms with E-state index in [2.05, 4.69) is 14.9 Å². The van der Waals surface area contributed by atoms with Crippen molar-refractivity contribution < 1.29 is 27.9 Å². The molecule has 10 heteroatoms. The van der Waals surface area contributed by atoms with Crippen LogP contribution in [0.5, 0.6) is 0 Å². The van der Waals surface area contributed by atoms with Crippen LogP contribution >= 0.6 is 0 Å². The zero-order valence-electron chi connectivity index (χ0n) is 10.5. The fourth-order valence-corrected chi connectivity index (χ4v) is 1.14. The van der Waals surface area contributed by atoms with Crippen LogP contribution in [-0.2, 0) is 16.2 Å². The van der Waals surface area contributed by atoms with E-state index in [9.17, 15) is 13.2 Å². The Morgan fingerprint density at radius 3 is 2.48 bits per heavy atom. The highest BCUT2D eigenvalue weighted by Crippen LogP contribution is 2.13. The summed E-state index contributed by atoms with van der Waals surface area (Å²) in [6.07, 6.45) is 0.171. The zero-order chi connectivity index (χ0) is 15.9.